The van der Waals surface area contributed by atoms with E-state index in [4.69, 9.17) is 0 Å². The van der Waals surface area contributed by atoms with E-state index < -0.39 is 0 Å². The maximum atomic E-state index is 12.6. The third kappa shape index (κ3) is 3.32. The molecule has 1 aliphatic rings. The van der Waals surface area contributed by atoms with Gasteiger partial charge in [0.15, 0.2) is 0 Å². The Hall–Kier alpha value is -1.68. The average molecular weight is 300 g/mol. The number of carbonyl (C=O) groups excluding carboxylic acids is 1. The maximum Gasteiger partial charge on any atom is 0.273 e. The van der Waals surface area contributed by atoms with Gasteiger partial charge in [-0.15, -0.1) is 11.3 Å². The lowest BCUT2D eigenvalue weighted by Crippen LogP contribution is -2.34. The number of benzene rings is 1. The first-order valence-electron chi connectivity index (χ1n) is 7.50. The molecule has 0 spiro atoms. The minimum absolute atomic E-state index is 0.0854. The highest BCUT2D eigenvalue weighted by Crippen LogP contribution is 2.27. The molecule has 1 unspecified atom stereocenters. The highest BCUT2D eigenvalue weighted by molar-refractivity contribution is 7.09. The van der Waals surface area contributed by atoms with E-state index in [0.29, 0.717) is 11.6 Å². The van der Waals surface area contributed by atoms with Crippen LogP contribution in [0, 0.1) is 6.92 Å². The van der Waals surface area contributed by atoms with Crippen molar-refractivity contribution < 1.29 is 4.79 Å². The van der Waals surface area contributed by atoms with Crippen LogP contribution >= 0.6 is 11.3 Å². The number of thiazole rings is 1. The Labute approximate surface area is 129 Å². The van der Waals surface area contributed by atoms with Crippen LogP contribution in [0.2, 0.25) is 0 Å². The minimum atomic E-state index is 0.0854. The first-order valence-corrected chi connectivity index (χ1v) is 8.38. The Balaban J connectivity index is 1.77. The molecule has 2 heterocycles. The Kier molecular flexibility index (Phi) is 4.34. The minimum Gasteiger partial charge on any atom is -0.337 e. The van der Waals surface area contributed by atoms with Gasteiger partial charge in [-0.25, -0.2) is 4.98 Å². The third-order valence-corrected chi connectivity index (χ3v) is 4.84. The van der Waals surface area contributed by atoms with Crippen molar-refractivity contribution in [3.63, 3.8) is 0 Å². The molecular formula is C17H20N2OS. The fourth-order valence-corrected chi connectivity index (χ4v) is 3.53. The fourth-order valence-electron chi connectivity index (χ4n) is 2.95. The van der Waals surface area contributed by atoms with E-state index in [-0.39, 0.29) is 5.91 Å². The normalized spacial score (nSPS) is 19.3. The average Bonchev–Trinajstić information content (AvgIpc) is 2.81. The molecule has 21 heavy (non-hydrogen) atoms. The van der Waals surface area contributed by atoms with Crippen molar-refractivity contribution in [1.82, 2.24) is 9.88 Å². The van der Waals surface area contributed by atoms with E-state index in [1.807, 2.05) is 23.3 Å². The number of nitrogens with zero attached hydrogens (tertiary/aromatic N) is 2. The summed E-state index contributed by atoms with van der Waals surface area (Å²) in [6, 6.07) is 10.5. The first-order chi connectivity index (χ1) is 10.2. The molecule has 1 atom stereocenters. The van der Waals surface area contributed by atoms with Crippen molar-refractivity contribution in [2.45, 2.75) is 32.1 Å². The molecule has 3 nitrogen and oxygen atoms in total. The van der Waals surface area contributed by atoms with Crippen molar-refractivity contribution in [1.29, 1.82) is 0 Å². The van der Waals surface area contributed by atoms with Gasteiger partial charge in [-0.3, -0.25) is 4.79 Å². The standard InChI is InChI=1S/C17H20N2OS/c1-13-18-16(12-21-13)17(20)19-10-6-5-9-15(11-19)14-7-3-2-4-8-14/h2-4,7-8,12,15H,5-6,9-11H2,1H3. The Bertz CT molecular complexity index is 608. The zero-order valence-electron chi connectivity index (χ0n) is 12.3. The van der Waals surface area contributed by atoms with E-state index in [2.05, 4.69) is 29.2 Å². The molecule has 2 aromatic rings. The van der Waals surface area contributed by atoms with Gasteiger partial charge >= 0.3 is 0 Å². The summed E-state index contributed by atoms with van der Waals surface area (Å²) in [6.45, 7) is 3.59. The largest absolute Gasteiger partial charge is 0.337 e. The molecule has 1 aromatic carbocycles. The summed E-state index contributed by atoms with van der Waals surface area (Å²) >= 11 is 1.54. The van der Waals surface area contributed by atoms with Crippen LogP contribution in [-0.4, -0.2) is 28.9 Å². The van der Waals surface area contributed by atoms with Gasteiger partial charge in [0.2, 0.25) is 0 Å². The van der Waals surface area contributed by atoms with Crippen LogP contribution in [0.15, 0.2) is 35.7 Å². The SMILES string of the molecule is Cc1nc(C(=O)N2CCCCC(c3ccccc3)C2)cs1. The second-order valence-corrected chi connectivity index (χ2v) is 6.67. The van der Waals surface area contributed by atoms with Crippen molar-refractivity contribution in [2.24, 2.45) is 0 Å². The van der Waals surface area contributed by atoms with Gasteiger partial charge in [-0.1, -0.05) is 36.8 Å². The number of aromatic nitrogens is 1. The maximum absolute atomic E-state index is 12.6. The van der Waals surface area contributed by atoms with E-state index >= 15 is 0 Å². The molecule has 4 heteroatoms. The molecule has 1 fully saturated rings. The molecule has 1 aromatic heterocycles. The summed E-state index contributed by atoms with van der Waals surface area (Å²) in [5, 5.41) is 2.83. The van der Waals surface area contributed by atoms with E-state index in [1.165, 1.54) is 12.0 Å². The van der Waals surface area contributed by atoms with Crippen LogP contribution in [-0.2, 0) is 0 Å². The van der Waals surface area contributed by atoms with Gasteiger partial charge in [-0.2, -0.15) is 0 Å². The lowest BCUT2D eigenvalue weighted by atomic mass is 9.94. The fraction of sp³-hybridized carbons (Fsp3) is 0.412. The number of aryl methyl sites for hydroxylation is 1. The van der Waals surface area contributed by atoms with Crippen molar-refractivity contribution in [3.8, 4) is 0 Å². The number of hydrogen-bond acceptors (Lipinski definition) is 3. The second kappa shape index (κ2) is 6.39. The number of hydrogen-bond donors (Lipinski definition) is 0. The van der Waals surface area contributed by atoms with Gasteiger partial charge in [0.25, 0.3) is 5.91 Å². The van der Waals surface area contributed by atoms with Gasteiger partial charge in [0.05, 0.1) is 5.01 Å². The summed E-state index contributed by atoms with van der Waals surface area (Å²) in [4.78, 5) is 18.9. The van der Waals surface area contributed by atoms with E-state index in [1.54, 1.807) is 11.3 Å². The van der Waals surface area contributed by atoms with Crippen molar-refractivity contribution in [2.75, 3.05) is 13.1 Å². The van der Waals surface area contributed by atoms with E-state index in [9.17, 15) is 4.79 Å². The molecule has 110 valence electrons. The molecular weight excluding hydrogens is 280 g/mol. The van der Waals surface area contributed by atoms with Crippen LogP contribution in [0.4, 0.5) is 0 Å². The first kappa shape index (κ1) is 14.3. The Morgan fingerprint density at radius 1 is 1.29 bits per heavy atom. The molecule has 0 radical (unpaired) electrons. The molecule has 0 aliphatic carbocycles. The summed E-state index contributed by atoms with van der Waals surface area (Å²) in [5.41, 5.74) is 1.94. The third-order valence-electron chi connectivity index (χ3n) is 4.07. The van der Waals surface area contributed by atoms with Crippen LogP contribution in [0.25, 0.3) is 0 Å². The van der Waals surface area contributed by atoms with Crippen LogP contribution < -0.4 is 0 Å². The molecule has 3 rings (SSSR count). The predicted octanol–water partition coefficient (Wildman–Crippen LogP) is 3.86. The summed E-state index contributed by atoms with van der Waals surface area (Å²) in [5.74, 6) is 0.527. The molecule has 0 N–H and O–H groups in total. The monoisotopic (exact) mass is 300 g/mol. The zero-order chi connectivity index (χ0) is 14.7. The van der Waals surface area contributed by atoms with Crippen molar-refractivity contribution >= 4 is 17.2 Å². The van der Waals surface area contributed by atoms with Crippen molar-refractivity contribution in [3.05, 3.63) is 52.0 Å². The van der Waals surface area contributed by atoms with Crippen LogP contribution in [0.5, 0.6) is 0 Å². The quantitative estimate of drug-likeness (QED) is 0.843. The van der Waals surface area contributed by atoms with E-state index in [0.717, 1.165) is 30.9 Å². The molecule has 0 bridgehead atoms. The number of likely N-dealkylation sites (tertiary alicyclic amines) is 1. The topological polar surface area (TPSA) is 33.2 Å². The highest BCUT2D eigenvalue weighted by atomic mass is 32.1. The smallest absolute Gasteiger partial charge is 0.273 e. The summed E-state index contributed by atoms with van der Waals surface area (Å²) in [6.07, 6.45) is 3.42. The van der Waals surface area contributed by atoms with Crippen LogP contribution in [0.1, 0.15) is 46.2 Å². The Morgan fingerprint density at radius 3 is 2.81 bits per heavy atom. The lowest BCUT2D eigenvalue weighted by Gasteiger charge is -2.24. The molecule has 0 saturated carbocycles. The summed E-state index contributed by atoms with van der Waals surface area (Å²) in [7, 11) is 0. The van der Waals surface area contributed by atoms with Crippen LogP contribution in [0.3, 0.4) is 0 Å². The number of amides is 1. The van der Waals surface area contributed by atoms with Gasteiger partial charge in [-0.05, 0) is 25.3 Å². The lowest BCUT2D eigenvalue weighted by molar-refractivity contribution is 0.0749. The molecule has 1 amide bonds. The predicted molar refractivity (Wildman–Crippen MR) is 85.8 cm³/mol. The number of carbonyl (C=O) groups is 1. The highest BCUT2D eigenvalue weighted by Gasteiger charge is 2.25. The van der Waals surface area contributed by atoms with Gasteiger partial charge in [0.1, 0.15) is 5.69 Å². The number of rotatable bonds is 2. The zero-order valence-corrected chi connectivity index (χ0v) is 13.1. The molecule has 1 aliphatic heterocycles. The molecule has 1 saturated heterocycles. The Morgan fingerprint density at radius 2 is 2.10 bits per heavy atom. The van der Waals surface area contributed by atoms with Gasteiger partial charge < -0.3 is 4.90 Å². The van der Waals surface area contributed by atoms with Gasteiger partial charge in [0, 0.05) is 24.4 Å². The summed E-state index contributed by atoms with van der Waals surface area (Å²) < 4.78 is 0. The second-order valence-electron chi connectivity index (χ2n) is 5.61.